The summed E-state index contributed by atoms with van der Waals surface area (Å²) in [4.78, 5) is 23.0. The second-order valence-electron chi connectivity index (χ2n) is 8.24. The summed E-state index contributed by atoms with van der Waals surface area (Å²) < 4.78 is 29.0. The van der Waals surface area contributed by atoms with Crippen LogP contribution >= 0.6 is 23.7 Å². The second-order valence-corrected chi connectivity index (χ2v) is 9.29. The molecule has 9 heteroatoms. The van der Waals surface area contributed by atoms with Crippen LogP contribution in [0.25, 0.3) is 26.2 Å². The lowest BCUT2D eigenvalue weighted by Gasteiger charge is -2.21. The van der Waals surface area contributed by atoms with Crippen LogP contribution < -0.4 is 10.5 Å². The topological polar surface area (TPSA) is 41.4 Å². The Bertz CT molecular complexity index is 1350. The van der Waals surface area contributed by atoms with Crippen LogP contribution in [0, 0.1) is 11.6 Å². The first-order valence-corrected chi connectivity index (χ1v) is 11.2. The minimum atomic E-state index is -0.904. The number of nitrogens with zero attached hydrogens (tertiary/aromatic N) is 4. The smallest absolute Gasteiger partial charge is 0.273 e. The third-order valence-corrected chi connectivity index (χ3v) is 7.20. The molecule has 1 saturated heterocycles. The molecule has 1 unspecified atom stereocenters. The molecule has 0 amide bonds. The molecule has 0 spiro atoms. The number of benzene rings is 1. The highest BCUT2D eigenvalue weighted by molar-refractivity contribution is 7.22. The predicted octanol–water partition coefficient (Wildman–Crippen LogP) is 4.95. The number of hydrogen-bond donors (Lipinski definition) is 0. The molecule has 3 aromatic heterocycles. The van der Waals surface area contributed by atoms with Crippen molar-refractivity contribution in [1.82, 2.24) is 14.5 Å². The van der Waals surface area contributed by atoms with Gasteiger partial charge >= 0.3 is 0 Å². The van der Waals surface area contributed by atoms with Crippen LogP contribution in [0.5, 0.6) is 0 Å². The summed E-state index contributed by atoms with van der Waals surface area (Å²) >= 11 is 1.27. The molecule has 4 heterocycles. The highest BCUT2D eigenvalue weighted by atomic mass is 35.5. The lowest BCUT2D eigenvalue weighted by atomic mass is 10.1. The highest BCUT2D eigenvalue weighted by Gasteiger charge is 2.24. The Kier molecular flexibility index (Phi) is 6.52. The maximum absolute atomic E-state index is 13.6. The average Bonchev–Trinajstić information content (AvgIpc) is 3.44. The lowest BCUT2D eigenvalue weighted by Crippen LogP contribution is -2.31. The van der Waals surface area contributed by atoms with E-state index in [0.717, 1.165) is 42.8 Å². The van der Waals surface area contributed by atoms with Gasteiger partial charge in [0.15, 0.2) is 11.6 Å². The van der Waals surface area contributed by atoms with E-state index in [2.05, 4.69) is 28.9 Å². The average molecular weight is 489 g/mol. The predicted molar refractivity (Wildman–Crippen MR) is 132 cm³/mol. The van der Waals surface area contributed by atoms with Crippen molar-refractivity contribution in [3.8, 4) is 16.1 Å². The zero-order valence-electron chi connectivity index (χ0n) is 18.2. The fraction of sp³-hybridized carbons (Fsp3) is 0.250. The number of halogens is 3. The molecule has 0 N–H and O–H groups in total. The minimum absolute atomic E-state index is 0. The molecular weight excluding hydrogens is 466 g/mol. The number of anilines is 1. The maximum Gasteiger partial charge on any atom is 0.273 e. The molecule has 1 aromatic carbocycles. The van der Waals surface area contributed by atoms with Gasteiger partial charge < -0.3 is 9.80 Å². The van der Waals surface area contributed by atoms with E-state index < -0.39 is 11.6 Å². The Hall–Kier alpha value is -2.81. The standard InChI is InChI=1S/C24H22F2N4OS.ClH/c1-28(2)18-8-9-29(14-18)22-6-4-17(13-27-22)30-10-7-16-12-21(32-23(16)24(30)31)15-3-5-19(25)20(26)11-15;/h3-7,10-13,18H,8-9,14H2,1-2H3;1H. The van der Waals surface area contributed by atoms with E-state index in [4.69, 9.17) is 0 Å². The normalized spacial score (nSPS) is 15.9. The summed E-state index contributed by atoms with van der Waals surface area (Å²) in [6.45, 7) is 1.90. The van der Waals surface area contributed by atoms with Crippen LogP contribution in [-0.2, 0) is 0 Å². The van der Waals surface area contributed by atoms with E-state index >= 15 is 0 Å². The van der Waals surface area contributed by atoms with Crippen molar-refractivity contribution in [2.24, 2.45) is 0 Å². The van der Waals surface area contributed by atoms with Gasteiger partial charge in [-0.3, -0.25) is 9.36 Å². The van der Waals surface area contributed by atoms with Crippen molar-refractivity contribution in [1.29, 1.82) is 0 Å². The molecule has 1 atom stereocenters. The molecule has 5 rings (SSSR count). The fourth-order valence-electron chi connectivity index (χ4n) is 4.10. The van der Waals surface area contributed by atoms with E-state index in [-0.39, 0.29) is 18.0 Å². The Morgan fingerprint density at radius 1 is 1.09 bits per heavy atom. The lowest BCUT2D eigenvalue weighted by molar-refractivity contribution is 0.315. The molecule has 1 aliphatic heterocycles. The number of likely N-dealkylation sites (N-methyl/N-ethyl adjacent to an activating group) is 1. The van der Waals surface area contributed by atoms with Crippen molar-refractivity contribution in [3.63, 3.8) is 0 Å². The zero-order valence-corrected chi connectivity index (χ0v) is 19.8. The molecule has 0 bridgehead atoms. The van der Waals surface area contributed by atoms with Crippen LogP contribution in [-0.4, -0.2) is 47.7 Å². The summed E-state index contributed by atoms with van der Waals surface area (Å²) in [5.41, 5.74) is 1.07. The monoisotopic (exact) mass is 488 g/mol. The van der Waals surface area contributed by atoms with Crippen LogP contribution in [0.15, 0.2) is 59.7 Å². The SMILES string of the molecule is CN(C)C1CCN(c2ccc(-n3ccc4cc(-c5ccc(F)c(F)c5)sc4c3=O)cn2)C1.Cl. The van der Waals surface area contributed by atoms with E-state index in [1.54, 1.807) is 17.0 Å². The van der Waals surface area contributed by atoms with Gasteiger partial charge in [0.25, 0.3) is 5.56 Å². The molecule has 33 heavy (non-hydrogen) atoms. The van der Waals surface area contributed by atoms with E-state index in [1.165, 1.54) is 17.4 Å². The Labute approximate surface area is 200 Å². The summed E-state index contributed by atoms with van der Waals surface area (Å²) in [5.74, 6) is -0.887. The third kappa shape index (κ3) is 4.38. The molecule has 4 aromatic rings. The Morgan fingerprint density at radius 3 is 2.58 bits per heavy atom. The zero-order chi connectivity index (χ0) is 22.4. The van der Waals surface area contributed by atoms with Crippen LogP contribution in [0.4, 0.5) is 14.6 Å². The quantitative estimate of drug-likeness (QED) is 0.407. The molecule has 5 nitrogen and oxygen atoms in total. The van der Waals surface area contributed by atoms with Gasteiger partial charge in [0.05, 0.1) is 11.9 Å². The Morgan fingerprint density at radius 2 is 1.91 bits per heavy atom. The molecule has 0 aliphatic carbocycles. The van der Waals surface area contributed by atoms with Crippen LogP contribution in [0.1, 0.15) is 6.42 Å². The number of thiophene rings is 1. The number of pyridine rings is 2. The number of rotatable bonds is 4. The third-order valence-electron chi connectivity index (χ3n) is 6.01. The molecule has 1 fully saturated rings. The van der Waals surface area contributed by atoms with Gasteiger partial charge in [-0.05, 0) is 62.5 Å². The molecule has 0 radical (unpaired) electrons. The van der Waals surface area contributed by atoms with E-state index in [9.17, 15) is 13.6 Å². The number of hydrogen-bond acceptors (Lipinski definition) is 5. The largest absolute Gasteiger partial charge is 0.355 e. The molecule has 172 valence electrons. The minimum Gasteiger partial charge on any atom is -0.355 e. The van der Waals surface area contributed by atoms with Gasteiger partial charge in [0.2, 0.25) is 0 Å². The van der Waals surface area contributed by atoms with Crippen LogP contribution in [0.3, 0.4) is 0 Å². The van der Waals surface area contributed by atoms with Crippen molar-refractivity contribution in [3.05, 3.63) is 76.8 Å². The van der Waals surface area contributed by atoms with Gasteiger partial charge in [-0.15, -0.1) is 23.7 Å². The number of aromatic nitrogens is 2. The van der Waals surface area contributed by atoms with Crippen molar-refractivity contribution in [2.75, 3.05) is 32.1 Å². The first kappa shape index (κ1) is 23.4. The summed E-state index contributed by atoms with van der Waals surface area (Å²) in [6, 6.07) is 11.8. The summed E-state index contributed by atoms with van der Waals surface area (Å²) in [6.07, 6.45) is 4.54. The van der Waals surface area contributed by atoms with E-state index in [0.29, 0.717) is 26.9 Å². The van der Waals surface area contributed by atoms with Crippen LogP contribution in [0.2, 0.25) is 0 Å². The van der Waals surface area contributed by atoms with Gasteiger partial charge in [-0.1, -0.05) is 6.07 Å². The summed E-state index contributed by atoms with van der Waals surface area (Å²) in [5, 5.41) is 0.771. The fourth-order valence-corrected chi connectivity index (χ4v) is 5.18. The van der Waals surface area contributed by atoms with Gasteiger partial charge in [0, 0.05) is 35.6 Å². The number of fused-ring (bicyclic) bond motifs is 1. The van der Waals surface area contributed by atoms with E-state index in [1.807, 2.05) is 24.3 Å². The first-order valence-electron chi connectivity index (χ1n) is 10.4. The Balaban J connectivity index is 0.00000259. The molecule has 0 saturated carbocycles. The first-order chi connectivity index (χ1) is 15.4. The van der Waals surface area contributed by atoms with Crippen molar-refractivity contribution in [2.45, 2.75) is 12.5 Å². The molecule has 1 aliphatic rings. The van der Waals surface area contributed by atoms with Gasteiger partial charge in [-0.2, -0.15) is 0 Å². The maximum atomic E-state index is 13.6. The van der Waals surface area contributed by atoms with Crippen molar-refractivity contribution < 1.29 is 8.78 Å². The van der Waals surface area contributed by atoms with Crippen molar-refractivity contribution >= 4 is 39.6 Å². The highest BCUT2D eigenvalue weighted by Crippen LogP contribution is 2.32. The second kappa shape index (κ2) is 9.21. The summed E-state index contributed by atoms with van der Waals surface area (Å²) in [7, 11) is 4.19. The van der Waals surface area contributed by atoms with Gasteiger partial charge in [-0.25, -0.2) is 13.8 Å². The molecular formula is C24H23ClF2N4OS. The van der Waals surface area contributed by atoms with Gasteiger partial charge in [0.1, 0.15) is 10.5 Å².